The van der Waals surface area contributed by atoms with Crippen LogP contribution in [0.3, 0.4) is 0 Å². The predicted molar refractivity (Wildman–Crippen MR) is 130 cm³/mol. The lowest BCUT2D eigenvalue weighted by Gasteiger charge is -2.49. The van der Waals surface area contributed by atoms with E-state index in [0.717, 1.165) is 47.5 Å². The molecule has 0 radical (unpaired) electrons. The number of hydrogen-bond acceptors (Lipinski definition) is 2. The number of rotatable bonds is 7. The van der Waals surface area contributed by atoms with Crippen molar-refractivity contribution in [1.29, 1.82) is 0 Å². The number of H-pyrrole nitrogens is 1. The number of aromatic amines is 1. The maximum atomic E-state index is 15.6. The number of carbonyl (C=O) groups is 1. The van der Waals surface area contributed by atoms with E-state index >= 15 is 8.78 Å². The highest BCUT2D eigenvalue weighted by Crippen LogP contribution is 2.45. The number of benzene rings is 2. The number of fused-ring (bicyclic) bond motifs is 3. The van der Waals surface area contributed by atoms with Crippen LogP contribution in [0.5, 0.6) is 0 Å². The molecule has 4 nitrogen and oxygen atoms in total. The lowest BCUT2D eigenvalue weighted by atomic mass is 9.63. The average Bonchev–Trinajstić information content (AvgIpc) is 3.13. The van der Waals surface area contributed by atoms with Gasteiger partial charge in [0.15, 0.2) is 0 Å². The molecule has 2 heterocycles. The second-order valence-electron chi connectivity index (χ2n) is 8.80. The molecule has 7 heteroatoms. The molecular formula is C26H27BF2N2O2. The molecule has 0 spiro atoms. The van der Waals surface area contributed by atoms with Crippen molar-refractivity contribution in [2.24, 2.45) is 0 Å². The SMILES string of the molecule is B[C@@]1(c2c(F)cc(/C=C/C(=O)O)cc2F)c2[nH]c3ccccc3c2C[C@@H](C)N1CCCC=C. The van der Waals surface area contributed by atoms with Crippen LogP contribution in [0.1, 0.15) is 42.1 Å². The number of hydrogen-bond donors (Lipinski definition) is 2. The van der Waals surface area contributed by atoms with E-state index in [1.165, 1.54) is 18.2 Å². The third-order valence-corrected chi connectivity index (χ3v) is 6.68. The molecule has 2 N–H and O–H groups in total. The quantitative estimate of drug-likeness (QED) is 0.241. The van der Waals surface area contributed by atoms with Crippen molar-refractivity contribution in [3.63, 3.8) is 0 Å². The highest BCUT2D eigenvalue weighted by atomic mass is 19.1. The third-order valence-electron chi connectivity index (χ3n) is 6.68. The van der Waals surface area contributed by atoms with E-state index in [-0.39, 0.29) is 17.2 Å². The van der Waals surface area contributed by atoms with Crippen molar-refractivity contribution in [2.45, 2.75) is 37.7 Å². The van der Waals surface area contributed by atoms with Gasteiger partial charge in [-0.1, -0.05) is 24.3 Å². The van der Waals surface area contributed by atoms with Crippen molar-refractivity contribution in [3.05, 3.63) is 89.1 Å². The molecule has 1 aromatic heterocycles. The maximum absolute atomic E-state index is 15.6. The summed E-state index contributed by atoms with van der Waals surface area (Å²) in [6.07, 6.45) is 6.32. The Morgan fingerprint density at radius 1 is 1.33 bits per heavy atom. The van der Waals surface area contributed by atoms with E-state index in [1.54, 1.807) is 0 Å². The molecule has 0 unspecified atom stereocenters. The number of carboxylic acid groups (broad SMARTS) is 1. The molecule has 3 aromatic rings. The van der Waals surface area contributed by atoms with Crippen molar-refractivity contribution in [2.75, 3.05) is 6.54 Å². The molecule has 2 atom stereocenters. The summed E-state index contributed by atoms with van der Waals surface area (Å²) >= 11 is 0. The van der Waals surface area contributed by atoms with Crippen LogP contribution in [-0.2, 0) is 16.7 Å². The number of nitrogens with zero attached hydrogens (tertiary/aromatic N) is 1. The van der Waals surface area contributed by atoms with Crippen LogP contribution in [0.15, 0.2) is 55.1 Å². The van der Waals surface area contributed by atoms with Gasteiger partial charge in [0.2, 0.25) is 0 Å². The molecule has 170 valence electrons. The Labute approximate surface area is 193 Å². The van der Waals surface area contributed by atoms with E-state index in [0.29, 0.717) is 6.54 Å². The Hall–Kier alpha value is -3.19. The largest absolute Gasteiger partial charge is 0.478 e. The number of halogens is 2. The monoisotopic (exact) mass is 448 g/mol. The molecule has 33 heavy (non-hydrogen) atoms. The fraction of sp³-hybridized carbons (Fsp3) is 0.269. The topological polar surface area (TPSA) is 56.3 Å². The molecular weight excluding hydrogens is 421 g/mol. The first kappa shape index (κ1) is 23.0. The minimum atomic E-state index is -1.18. The van der Waals surface area contributed by atoms with Gasteiger partial charge < -0.3 is 10.1 Å². The fourth-order valence-electron chi connectivity index (χ4n) is 5.26. The van der Waals surface area contributed by atoms with Gasteiger partial charge in [-0.3, -0.25) is 4.90 Å². The van der Waals surface area contributed by atoms with Crippen LogP contribution in [0.4, 0.5) is 8.78 Å². The summed E-state index contributed by atoms with van der Waals surface area (Å²) in [5, 5.41) is 9.93. The molecule has 4 rings (SSSR count). The molecule has 0 aliphatic carbocycles. The zero-order chi connectivity index (χ0) is 23.8. The summed E-state index contributed by atoms with van der Waals surface area (Å²) in [7, 11) is 1.87. The number of para-hydroxylation sites is 1. The molecule has 0 saturated heterocycles. The Kier molecular flexibility index (Phi) is 6.26. The van der Waals surface area contributed by atoms with Gasteiger partial charge in [0, 0.05) is 34.3 Å². The van der Waals surface area contributed by atoms with Crippen LogP contribution < -0.4 is 0 Å². The normalized spacial score (nSPS) is 20.9. The van der Waals surface area contributed by atoms with Gasteiger partial charge >= 0.3 is 5.97 Å². The van der Waals surface area contributed by atoms with Crippen LogP contribution in [0.2, 0.25) is 0 Å². The van der Waals surface area contributed by atoms with E-state index in [9.17, 15) is 4.79 Å². The minimum absolute atomic E-state index is 0.0343. The summed E-state index contributed by atoms with van der Waals surface area (Å²) in [6.45, 7) is 6.54. The highest BCUT2D eigenvalue weighted by Gasteiger charge is 2.47. The van der Waals surface area contributed by atoms with Gasteiger partial charge in [-0.25, -0.2) is 13.6 Å². The third kappa shape index (κ3) is 4.02. The molecule has 2 aromatic carbocycles. The van der Waals surface area contributed by atoms with E-state index in [2.05, 4.69) is 23.4 Å². The lowest BCUT2D eigenvalue weighted by molar-refractivity contribution is -0.131. The Morgan fingerprint density at radius 2 is 2.03 bits per heavy atom. The van der Waals surface area contributed by atoms with Crippen LogP contribution >= 0.6 is 0 Å². The van der Waals surface area contributed by atoms with Crippen LogP contribution in [0.25, 0.3) is 17.0 Å². The fourth-order valence-corrected chi connectivity index (χ4v) is 5.26. The van der Waals surface area contributed by atoms with Crippen molar-refractivity contribution in [3.8, 4) is 0 Å². The summed E-state index contributed by atoms with van der Waals surface area (Å²) in [5.74, 6) is -2.57. The summed E-state index contributed by atoms with van der Waals surface area (Å²) in [5.41, 5.74) is 1.87. The number of aliphatic carboxylic acids is 1. The predicted octanol–water partition coefficient (Wildman–Crippen LogP) is 4.59. The number of allylic oxidation sites excluding steroid dienone is 1. The highest BCUT2D eigenvalue weighted by molar-refractivity contribution is 6.18. The number of aromatic nitrogens is 1. The van der Waals surface area contributed by atoms with E-state index in [1.807, 2.05) is 38.2 Å². The Bertz CT molecular complexity index is 1230. The lowest BCUT2D eigenvalue weighted by Crippen LogP contribution is -2.57. The van der Waals surface area contributed by atoms with Crippen molar-refractivity contribution < 1.29 is 18.7 Å². The number of nitrogens with one attached hydrogen (secondary N) is 1. The van der Waals surface area contributed by atoms with Gasteiger partial charge in [0.25, 0.3) is 0 Å². The first-order valence-electron chi connectivity index (χ1n) is 11.2. The van der Waals surface area contributed by atoms with Gasteiger partial charge in [-0.05, 0) is 68.1 Å². The number of carboxylic acids is 1. The molecule has 1 aliphatic rings. The smallest absolute Gasteiger partial charge is 0.328 e. The Morgan fingerprint density at radius 3 is 2.70 bits per heavy atom. The van der Waals surface area contributed by atoms with Crippen molar-refractivity contribution in [1.82, 2.24) is 9.88 Å². The summed E-state index contributed by atoms with van der Waals surface area (Å²) in [4.78, 5) is 16.5. The number of unbranched alkanes of at least 4 members (excludes halogenated alkanes) is 1. The van der Waals surface area contributed by atoms with Crippen LogP contribution in [0, 0.1) is 11.6 Å². The zero-order valence-electron chi connectivity index (χ0n) is 18.9. The standard InChI is InChI=1S/C26H27BF2N2O2/c1-3-4-7-12-31-16(2)13-19-18-8-5-6-9-22(18)30-25(19)26(31,27)24-20(28)14-17(15-21(24)29)10-11-23(32)33/h3,5-6,8-11,14-16,30H,1,4,7,12-13,27H2,2H3,(H,32,33)/b11-10+/t16-,26-/m1/s1. The second-order valence-corrected chi connectivity index (χ2v) is 8.80. The second kappa shape index (κ2) is 8.98. The maximum Gasteiger partial charge on any atom is 0.328 e. The average molecular weight is 448 g/mol. The molecule has 0 saturated carbocycles. The minimum Gasteiger partial charge on any atom is -0.478 e. The van der Waals surface area contributed by atoms with E-state index in [4.69, 9.17) is 5.11 Å². The zero-order valence-corrected chi connectivity index (χ0v) is 18.9. The van der Waals surface area contributed by atoms with Crippen LogP contribution in [-0.4, -0.2) is 41.4 Å². The first-order valence-corrected chi connectivity index (χ1v) is 11.2. The summed E-state index contributed by atoms with van der Waals surface area (Å²) < 4.78 is 31.3. The molecule has 0 amide bonds. The Balaban J connectivity index is 1.94. The molecule has 0 bridgehead atoms. The first-order chi connectivity index (χ1) is 15.8. The molecule has 1 aliphatic heterocycles. The van der Waals surface area contributed by atoms with Gasteiger partial charge in [0.05, 0.1) is 5.44 Å². The summed E-state index contributed by atoms with van der Waals surface area (Å²) in [6, 6.07) is 10.4. The molecule has 0 fully saturated rings. The van der Waals surface area contributed by atoms with Gasteiger partial charge in [0.1, 0.15) is 19.5 Å². The van der Waals surface area contributed by atoms with Crippen molar-refractivity contribution >= 4 is 30.8 Å². The van der Waals surface area contributed by atoms with E-state index < -0.39 is 23.0 Å². The van der Waals surface area contributed by atoms with Gasteiger partial charge in [-0.15, -0.1) is 6.58 Å². The van der Waals surface area contributed by atoms with Gasteiger partial charge in [-0.2, -0.15) is 0 Å².